The van der Waals surface area contributed by atoms with E-state index in [1.54, 1.807) is 0 Å². The maximum Gasteiger partial charge on any atom is 0.0187 e. The van der Waals surface area contributed by atoms with Crippen molar-refractivity contribution in [3.05, 3.63) is 35.4 Å². The summed E-state index contributed by atoms with van der Waals surface area (Å²) in [4.78, 5) is 2.25. The maximum absolute atomic E-state index is 5.57. The van der Waals surface area contributed by atoms with Crippen LogP contribution < -0.4 is 5.73 Å². The fourth-order valence-corrected chi connectivity index (χ4v) is 1.45. The number of nitrogens with two attached hydrogens (primary N) is 1. The lowest BCUT2D eigenvalue weighted by Gasteiger charge is -2.32. The molecule has 2 N–H and O–H groups in total. The van der Waals surface area contributed by atoms with E-state index in [0.29, 0.717) is 6.54 Å². The Morgan fingerprint density at radius 3 is 1.93 bits per heavy atom. The Balaban J connectivity index is 2.73. The smallest absolute Gasteiger partial charge is 0.0187 e. The number of nitrogens with zero attached hydrogens (tertiary/aromatic N) is 1. The maximum atomic E-state index is 5.57. The minimum Gasteiger partial charge on any atom is -0.326 e. The second-order valence-electron chi connectivity index (χ2n) is 4.90. The lowest BCUT2D eigenvalue weighted by atomic mass is 9.93. The van der Waals surface area contributed by atoms with Crippen molar-refractivity contribution in [2.45, 2.75) is 32.4 Å². The van der Waals surface area contributed by atoms with E-state index in [0.717, 1.165) is 6.42 Å². The van der Waals surface area contributed by atoms with E-state index in [-0.39, 0.29) is 5.54 Å². The first-order chi connectivity index (χ1) is 6.95. The molecule has 0 radical (unpaired) electrons. The Morgan fingerprint density at radius 1 is 1.07 bits per heavy atom. The zero-order valence-electron chi connectivity index (χ0n) is 10.2. The van der Waals surface area contributed by atoms with Crippen LogP contribution in [0.4, 0.5) is 0 Å². The molecule has 0 aliphatic carbocycles. The highest BCUT2D eigenvalue weighted by Crippen LogP contribution is 2.17. The number of hydrogen-bond acceptors (Lipinski definition) is 2. The van der Waals surface area contributed by atoms with E-state index in [1.807, 2.05) is 0 Å². The van der Waals surface area contributed by atoms with Gasteiger partial charge in [-0.05, 0) is 45.5 Å². The molecule has 0 aliphatic heterocycles. The fraction of sp³-hybridized carbons (Fsp3) is 0.538. The van der Waals surface area contributed by atoms with Gasteiger partial charge in [-0.15, -0.1) is 0 Å². The third-order valence-corrected chi connectivity index (χ3v) is 3.11. The monoisotopic (exact) mass is 206 g/mol. The van der Waals surface area contributed by atoms with Crippen molar-refractivity contribution in [3.63, 3.8) is 0 Å². The highest BCUT2D eigenvalue weighted by atomic mass is 15.1. The van der Waals surface area contributed by atoms with E-state index in [1.165, 1.54) is 11.1 Å². The van der Waals surface area contributed by atoms with Crippen LogP contribution in [0.3, 0.4) is 0 Å². The minimum atomic E-state index is 0.199. The molecule has 2 heteroatoms. The lowest BCUT2D eigenvalue weighted by molar-refractivity contribution is 0.195. The van der Waals surface area contributed by atoms with E-state index >= 15 is 0 Å². The van der Waals surface area contributed by atoms with Crippen molar-refractivity contribution in [3.8, 4) is 0 Å². The van der Waals surface area contributed by atoms with Crippen molar-refractivity contribution in [1.82, 2.24) is 4.90 Å². The Morgan fingerprint density at radius 2 is 1.53 bits per heavy atom. The van der Waals surface area contributed by atoms with Gasteiger partial charge in [-0.1, -0.05) is 24.3 Å². The molecule has 15 heavy (non-hydrogen) atoms. The largest absolute Gasteiger partial charge is 0.326 e. The number of benzene rings is 1. The van der Waals surface area contributed by atoms with E-state index in [4.69, 9.17) is 5.73 Å². The summed E-state index contributed by atoms with van der Waals surface area (Å²) in [5.74, 6) is 0. The zero-order valence-corrected chi connectivity index (χ0v) is 10.2. The molecule has 0 atom stereocenters. The average molecular weight is 206 g/mol. The van der Waals surface area contributed by atoms with Gasteiger partial charge in [0.05, 0.1) is 0 Å². The van der Waals surface area contributed by atoms with Crippen LogP contribution in [0.15, 0.2) is 24.3 Å². The van der Waals surface area contributed by atoms with Crippen LogP contribution in [-0.2, 0) is 13.0 Å². The van der Waals surface area contributed by atoms with Crippen LogP contribution in [0.25, 0.3) is 0 Å². The molecule has 0 heterocycles. The molecule has 1 aromatic rings. The second-order valence-corrected chi connectivity index (χ2v) is 4.90. The van der Waals surface area contributed by atoms with Crippen LogP contribution in [-0.4, -0.2) is 24.5 Å². The molecule has 1 aromatic carbocycles. The van der Waals surface area contributed by atoms with Gasteiger partial charge in [0.2, 0.25) is 0 Å². The van der Waals surface area contributed by atoms with Crippen LogP contribution in [0.1, 0.15) is 25.0 Å². The molecule has 1 rings (SSSR count). The van der Waals surface area contributed by atoms with Crippen LogP contribution in [0.5, 0.6) is 0 Å². The van der Waals surface area contributed by atoms with Gasteiger partial charge in [0.1, 0.15) is 0 Å². The fourth-order valence-electron chi connectivity index (χ4n) is 1.45. The molecule has 0 aliphatic rings. The van der Waals surface area contributed by atoms with Gasteiger partial charge in [0.15, 0.2) is 0 Å². The van der Waals surface area contributed by atoms with Crippen molar-refractivity contribution in [2.75, 3.05) is 14.1 Å². The summed E-state index contributed by atoms with van der Waals surface area (Å²) >= 11 is 0. The minimum absolute atomic E-state index is 0.199. The van der Waals surface area contributed by atoms with Gasteiger partial charge in [0, 0.05) is 12.1 Å². The predicted molar refractivity (Wildman–Crippen MR) is 65.8 cm³/mol. The number of hydrogen-bond donors (Lipinski definition) is 1. The van der Waals surface area contributed by atoms with Crippen molar-refractivity contribution < 1.29 is 0 Å². The first-order valence-electron chi connectivity index (χ1n) is 5.41. The van der Waals surface area contributed by atoms with Gasteiger partial charge < -0.3 is 10.6 Å². The molecule has 84 valence electrons. The Labute approximate surface area is 93.1 Å². The summed E-state index contributed by atoms with van der Waals surface area (Å²) in [5.41, 5.74) is 8.33. The quantitative estimate of drug-likeness (QED) is 0.816. The van der Waals surface area contributed by atoms with Gasteiger partial charge in [0.25, 0.3) is 0 Å². The molecule has 0 saturated carbocycles. The molecular weight excluding hydrogens is 184 g/mol. The van der Waals surface area contributed by atoms with Crippen LogP contribution in [0, 0.1) is 0 Å². The first-order valence-corrected chi connectivity index (χ1v) is 5.41. The number of rotatable bonds is 4. The third-order valence-electron chi connectivity index (χ3n) is 3.11. The average Bonchev–Trinajstić information content (AvgIpc) is 2.18. The normalized spacial score (nSPS) is 12.1. The molecule has 0 bridgehead atoms. The van der Waals surface area contributed by atoms with Gasteiger partial charge in [-0.3, -0.25) is 0 Å². The van der Waals surface area contributed by atoms with Gasteiger partial charge in [-0.2, -0.15) is 0 Å². The molecular formula is C13H22N2. The van der Waals surface area contributed by atoms with E-state index < -0.39 is 0 Å². The summed E-state index contributed by atoms with van der Waals surface area (Å²) in [7, 11) is 4.24. The highest BCUT2D eigenvalue weighted by molar-refractivity contribution is 5.23. The molecule has 0 unspecified atom stereocenters. The predicted octanol–water partition coefficient (Wildman–Crippen LogP) is 2.03. The first kappa shape index (κ1) is 12.2. The Bertz CT molecular complexity index is 299. The summed E-state index contributed by atoms with van der Waals surface area (Å²) in [6.45, 7) is 5.13. The van der Waals surface area contributed by atoms with Crippen LogP contribution in [0.2, 0.25) is 0 Å². The molecule has 0 aromatic heterocycles. The van der Waals surface area contributed by atoms with E-state index in [9.17, 15) is 0 Å². The second kappa shape index (κ2) is 4.77. The standard InChI is InChI=1S/C13H22N2/c1-13(2,15(3)4)9-11-5-7-12(10-14)8-6-11/h5-8H,9-10,14H2,1-4H3. The number of likely N-dealkylation sites (N-methyl/N-ethyl adjacent to an activating group) is 1. The van der Waals surface area contributed by atoms with Crippen molar-refractivity contribution in [1.29, 1.82) is 0 Å². The lowest BCUT2D eigenvalue weighted by Crippen LogP contribution is -2.40. The summed E-state index contributed by atoms with van der Waals surface area (Å²) in [6, 6.07) is 8.57. The SMILES string of the molecule is CN(C)C(C)(C)Cc1ccc(CN)cc1. The zero-order chi connectivity index (χ0) is 11.5. The Hall–Kier alpha value is -0.860. The van der Waals surface area contributed by atoms with E-state index in [2.05, 4.69) is 57.1 Å². The molecule has 0 fully saturated rings. The third kappa shape index (κ3) is 3.33. The highest BCUT2D eigenvalue weighted by Gasteiger charge is 2.20. The molecule has 0 spiro atoms. The topological polar surface area (TPSA) is 29.3 Å². The summed E-state index contributed by atoms with van der Waals surface area (Å²) < 4.78 is 0. The molecule has 2 nitrogen and oxygen atoms in total. The van der Waals surface area contributed by atoms with Gasteiger partial charge in [-0.25, -0.2) is 0 Å². The molecule has 0 amide bonds. The molecule has 0 saturated heterocycles. The summed E-state index contributed by atoms with van der Waals surface area (Å²) in [5, 5.41) is 0. The van der Waals surface area contributed by atoms with Crippen molar-refractivity contribution in [2.24, 2.45) is 5.73 Å². The Kier molecular flexibility index (Phi) is 3.89. The van der Waals surface area contributed by atoms with Gasteiger partial charge >= 0.3 is 0 Å². The van der Waals surface area contributed by atoms with Crippen molar-refractivity contribution >= 4 is 0 Å². The van der Waals surface area contributed by atoms with Crippen LogP contribution >= 0.6 is 0 Å². The summed E-state index contributed by atoms with van der Waals surface area (Å²) in [6.07, 6.45) is 1.06.